The van der Waals surface area contributed by atoms with Crippen molar-refractivity contribution in [3.05, 3.63) is 30.1 Å². The predicted octanol–water partition coefficient (Wildman–Crippen LogP) is 3.23. The van der Waals surface area contributed by atoms with Crippen LogP contribution in [0.2, 0.25) is 0 Å². The molecule has 0 aliphatic rings. The molecule has 2 rings (SSSR count). The van der Waals surface area contributed by atoms with Gasteiger partial charge in [-0.15, -0.1) is 0 Å². The zero-order chi connectivity index (χ0) is 12.8. The summed E-state index contributed by atoms with van der Waals surface area (Å²) in [6, 6.07) is 2.71. The first kappa shape index (κ1) is 11.8. The third-order valence-electron chi connectivity index (χ3n) is 2.44. The molecule has 0 aliphatic carbocycles. The maximum Gasteiger partial charge on any atom is 0.458 e. The van der Waals surface area contributed by atoms with E-state index in [1.165, 1.54) is 17.0 Å². The summed E-state index contributed by atoms with van der Waals surface area (Å²) in [5, 5.41) is 0. The lowest BCUT2D eigenvalue weighted by atomic mass is 10.1. The van der Waals surface area contributed by atoms with E-state index in [0.717, 1.165) is 12.1 Å². The summed E-state index contributed by atoms with van der Waals surface area (Å²) in [5.41, 5.74) is -0.503. The second-order valence-corrected chi connectivity index (χ2v) is 3.63. The average molecular weight is 250 g/mol. The van der Waals surface area contributed by atoms with Gasteiger partial charge in [-0.25, -0.2) is 4.98 Å². The number of halogens is 5. The van der Waals surface area contributed by atoms with E-state index in [2.05, 4.69) is 4.98 Å². The molecule has 0 N–H and O–H groups in total. The second kappa shape index (κ2) is 3.41. The van der Waals surface area contributed by atoms with Gasteiger partial charge in [-0.1, -0.05) is 6.07 Å². The molecule has 0 amide bonds. The topological polar surface area (TPSA) is 17.8 Å². The zero-order valence-corrected chi connectivity index (χ0v) is 8.59. The SMILES string of the molecule is Cn1cnc2cc(C(F)(F)C(F)(F)F)ccc21. The molecule has 0 aliphatic heterocycles. The van der Waals surface area contributed by atoms with Gasteiger partial charge in [0.1, 0.15) is 0 Å². The lowest BCUT2D eigenvalue weighted by Gasteiger charge is -2.19. The second-order valence-electron chi connectivity index (χ2n) is 3.63. The first-order chi connectivity index (χ1) is 7.73. The standard InChI is InChI=1S/C10H7F5N2/c1-17-5-16-7-4-6(2-3-8(7)17)9(11,12)10(13,14)15/h2-5H,1H3. The Morgan fingerprint density at radius 1 is 1.12 bits per heavy atom. The molecule has 2 aromatic rings. The summed E-state index contributed by atoms with van der Waals surface area (Å²) < 4.78 is 64.1. The predicted molar refractivity (Wildman–Crippen MR) is 50.7 cm³/mol. The van der Waals surface area contributed by atoms with Crippen molar-refractivity contribution in [1.82, 2.24) is 9.55 Å². The van der Waals surface area contributed by atoms with Gasteiger partial charge in [0.25, 0.3) is 0 Å². The first-order valence-electron chi connectivity index (χ1n) is 4.59. The molecule has 0 fully saturated rings. The number of nitrogens with zero attached hydrogens (tertiary/aromatic N) is 2. The Balaban J connectivity index is 2.57. The number of alkyl halides is 5. The van der Waals surface area contributed by atoms with Crippen molar-refractivity contribution >= 4 is 11.0 Å². The van der Waals surface area contributed by atoms with E-state index in [-0.39, 0.29) is 5.52 Å². The Bertz CT molecular complexity index is 555. The summed E-state index contributed by atoms with van der Waals surface area (Å²) in [5.74, 6) is -4.86. The quantitative estimate of drug-likeness (QED) is 0.710. The minimum absolute atomic E-state index is 0.105. The lowest BCUT2D eigenvalue weighted by molar-refractivity contribution is -0.289. The molecule has 0 bridgehead atoms. The molecular weight excluding hydrogens is 243 g/mol. The lowest BCUT2D eigenvalue weighted by Crippen LogP contribution is -2.33. The first-order valence-corrected chi connectivity index (χ1v) is 4.59. The molecule has 92 valence electrons. The molecule has 1 aromatic carbocycles. The van der Waals surface area contributed by atoms with Crippen molar-refractivity contribution in [3.8, 4) is 0 Å². The highest BCUT2D eigenvalue weighted by Gasteiger charge is 2.58. The Hall–Kier alpha value is -1.66. The minimum Gasteiger partial charge on any atom is -0.334 e. The highest BCUT2D eigenvalue weighted by atomic mass is 19.4. The fourth-order valence-electron chi connectivity index (χ4n) is 1.50. The van der Waals surface area contributed by atoms with E-state index in [1.807, 2.05) is 0 Å². The van der Waals surface area contributed by atoms with Gasteiger partial charge in [0, 0.05) is 12.6 Å². The number of hydrogen-bond donors (Lipinski definition) is 0. The van der Waals surface area contributed by atoms with E-state index < -0.39 is 17.7 Å². The molecule has 7 heteroatoms. The molecule has 2 nitrogen and oxygen atoms in total. The van der Waals surface area contributed by atoms with Gasteiger partial charge in [0.15, 0.2) is 0 Å². The number of aryl methyl sites for hydroxylation is 1. The summed E-state index contributed by atoms with van der Waals surface area (Å²) in [6.45, 7) is 0. The van der Waals surface area contributed by atoms with E-state index in [0.29, 0.717) is 5.52 Å². The monoisotopic (exact) mass is 250 g/mol. The van der Waals surface area contributed by atoms with Crippen LogP contribution in [0.25, 0.3) is 11.0 Å². The smallest absolute Gasteiger partial charge is 0.334 e. The summed E-state index contributed by atoms with van der Waals surface area (Å²) in [6.07, 6.45) is -4.25. The minimum atomic E-state index is -5.60. The highest BCUT2D eigenvalue weighted by molar-refractivity contribution is 5.76. The Morgan fingerprint density at radius 3 is 2.35 bits per heavy atom. The largest absolute Gasteiger partial charge is 0.458 e. The number of benzene rings is 1. The van der Waals surface area contributed by atoms with Crippen LogP contribution in [-0.2, 0) is 13.0 Å². The van der Waals surface area contributed by atoms with Crippen LogP contribution < -0.4 is 0 Å². The van der Waals surface area contributed by atoms with Crippen molar-refractivity contribution in [1.29, 1.82) is 0 Å². The Labute approximate surface area is 92.7 Å². The van der Waals surface area contributed by atoms with Crippen LogP contribution in [0.15, 0.2) is 24.5 Å². The number of imidazole rings is 1. The molecule has 1 heterocycles. The van der Waals surface area contributed by atoms with Gasteiger partial charge in [-0.05, 0) is 12.1 Å². The number of rotatable bonds is 1. The maximum absolute atomic E-state index is 13.0. The third kappa shape index (κ3) is 1.75. The van der Waals surface area contributed by atoms with Crippen LogP contribution in [-0.4, -0.2) is 15.7 Å². The Morgan fingerprint density at radius 2 is 1.76 bits per heavy atom. The fourth-order valence-corrected chi connectivity index (χ4v) is 1.50. The molecule has 0 saturated carbocycles. The van der Waals surface area contributed by atoms with Gasteiger partial charge in [0.2, 0.25) is 0 Å². The molecule has 0 unspecified atom stereocenters. The molecule has 0 saturated heterocycles. The van der Waals surface area contributed by atoms with Crippen molar-refractivity contribution < 1.29 is 22.0 Å². The molecule has 0 spiro atoms. The Kier molecular flexibility index (Phi) is 2.37. The zero-order valence-electron chi connectivity index (χ0n) is 8.59. The van der Waals surface area contributed by atoms with Crippen LogP contribution >= 0.6 is 0 Å². The van der Waals surface area contributed by atoms with E-state index in [9.17, 15) is 22.0 Å². The van der Waals surface area contributed by atoms with Gasteiger partial charge < -0.3 is 4.57 Å². The van der Waals surface area contributed by atoms with Gasteiger partial charge >= 0.3 is 12.1 Å². The van der Waals surface area contributed by atoms with E-state index in [4.69, 9.17) is 0 Å². The summed E-state index contributed by atoms with van der Waals surface area (Å²) in [4.78, 5) is 3.74. The molecular formula is C10H7F5N2. The molecule has 1 aromatic heterocycles. The molecule has 0 atom stereocenters. The van der Waals surface area contributed by atoms with Gasteiger partial charge in [0.05, 0.1) is 17.4 Å². The third-order valence-corrected chi connectivity index (χ3v) is 2.44. The van der Waals surface area contributed by atoms with Crippen molar-refractivity contribution in [2.45, 2.75) is 12.1 Å². The highest BCUT2D eigenvalue weighted by Crippen LogP contribution is 2.44. The van der Waals surface area contributed by atoms with Crippen LogP contribution in [0, 0.1) is 0 Å². The number of aromatic nitrogens is 2. The fraction of sp³-hybridized carbons (Fsp3) is 0.300. The normalized spacial score (nSPS) is 13.3. The van der Waals surface area contributed by atoms with Crippen molar-refractivity contribution in [2.24, 2.45) is 7.05 Å². The molecule has 17 heavy (non-hydrogen) atoms. The van der Waals surface area contributed by atoms with Crippen LogP contribution in [0.5, 0.6) is 0 Å². The van der Waals surface area contributed by atoms with Crippen molar-refractivity contribution in [2.75, 3.05) is 0 Å². The van der Waals surface area contributed by atoms with Crippen LogP contribution in [0.1, 0.15) is 5.56 Å². The number of fused-ring (bicyclic) bond motifs is 1. The average Bonchev–Trinajstić information content (AvgIpc) is 2.58. The van der Waals surface area contributed by atoms with Gasteiger partial charge in [-0.2, -0.15) is 22.0 Å². The van der Waals surface area contributed by atoms with Crippen LogP contribution in [0.4, 0.5) is 22.0 Å². The van der Waals surface area contributed by atoms with E-state index >= 15 is 0 Å². The van der Waals surface area contributed by atoms with Crippen molar-refractivity contribution in [3.63, 3.8) is 0 Å². The van der Waals surface area contributed by atoms with Gasteiger partial charge in [-0.3, -0.25) is 0 Å². The number of hydrogen-bond acceptors (Lipinski definition) is 1. The summed E-state index contributed by atoms with van der Waals surface area (Å²) >= 11 is 0. The molecule has 0 radical (unpaired) electrons. The maximum atomic E-state index is 13.0. The summed E-state index contributed by atoms with van der Waals surface area (Å²) in [7, 11) is 1.62. The van der Waals surface area contributed by atoms with Crippen LogP contribution in [0.3, 0.4) is 0 Å². The van der Waals surface area contributed by atoms with E-state index in [1.54, 1.807) is 7.05 Å².